The van der Waals surface area contributed by atoms with Gasteiger partial charge in [-0.25, -0.2) is 23.9 Å². The third-order valence-corrected chi connectivity index (χ3v) is 7.19. The molecule has 37 heavy (non-hydrogen) atoms. The van der Waals surface area contributed by atoms with Gasteiger partial charge in [0.15, 0.2) is 11.4 Å². The number of aromatic nitrogens is 7. The molecule has 0 N–H and O–H groups in total. The van der Waals surface area contributed by atoms with Crippen LogP contribution in [-0.2, 0) is 13.5 Å². The predicted molar refractivity (Wildman–Crippen MR) is 139 cm³/mol. The molecule has 5 heterocycles. The van der Waals surface area contributed by atoms with Crippen molar-refractivity contribution in [2.75, 3.05) is 0 Å². The van der Waals surface area contributed by atoms with Gasteiger partial charge in [0.2, 0.25) is 0 Å². The van der Waals surface area contributed by atoms with Gasteiger partial charge in [-0.05, 0) is 55.5 Å². The first kappa shape index (κ1) is 22.9. The van der Waals surface area contributed by atoms with Gasteiger partial charge >= 0.3 is 0 Å². The van der Waals surface area contributed by atoms with Crippen LogP contribution in [0.25, 0.3) is 38.9 Å². The van der Waals surface area contributed by atoms with Crippen molar-refractivity contribution in [3.63, 3.8) is 0 Å². The van der Waals surface area contributed by atoms with Gasteiger partial charge in [0.05, 0.1) is 34.6 Å². The predicted octanol–water partition coefficient (Wildman–Crippen LogP) is 5.19. The Hall–Kier alpha value is -4.57. The number of carbonyl (C=O) groups excluding carboxylic acids is 1. The molecule has 0 fully saturated rings. The Morgan fingerprint density at radius 1 is 1.00 bits per heavy atom. The molecular weight excluding hydrogens is 489 g/mol. The second-order valence-electron chi connectivity index (χ2n) is 8.54. The quantitative estimate of drug-likeness (QED) is 0.287. The number of Topliss-reactive ketones (excluding diaryl/α,β-unsaturated/α-hetero) is 1. The topological polar surface area (TPSA) is 90.9 Å². The van der Waals surface area contributed by atoms with Gasteiger partial charge in [0.1, 0.15) is 22.3 Å². The zero-order valence-electron chi connectivity index (χ0n) is 20.0. The van der Waals surface area contributed by atoms with E-state index in [1.165, 1.54) is 23.5 Å². The van der Waals surface area contributed by atoms with Crippen LogP contribution in [0.3, 0.4) is 0 Å². The Balaban J connectivity index is 1.29. The van der Waals surface area contributed by atoms with E-state index in [0.29, 0.717) is 21.9 Å². The van der Waals surface area contributed by atoms with Crippen LogP contribution in [0.4, 0.5) is 4.39 Å². The molecule has 6 rings (SSSR count). The summed E-state index contributed by atoms with van der Waals surface area (Å²) in [6.07, 6.45) is 6.92. The highest BCUT2D eigenvalue weighted by Crippen LogP contribution is 2.31. The zero-order valence-corrected chi connectivity index (χ0v) is 20.8. The molecule has 0 bridgehead atoms. The van der Waals surface area contributed by atoms with Crippen molar-refractivity contribution >= 4 is 22.8 Å². The molecule has 0 amide bonds. The summed E-state index contributed by atoms with van der Waals surface area (Å²) < 4.78 is 17.1. The van der Waals surface area contributed by atoms with Crippen molar-refractivity contribution in [3.05, 3.63) is 95.5 Å². The Morgan fingerprint density at radius 3 is 2.57 bits per heavy atom. The van der Waals surface area contributed by atoms with Gasteiger partial charge in [-0.15, -0.1) is 11.3 Å². The molecule has 0 aliphatic carbocycles. The minimum atomic E-state index is -0.301. The number of thiazole rings is 1. The SMILES string of the molecule is Cc1nc(-c2ccc(F)cc2)c(-c2ccc3nc(CC(=O)c4cnc(-c5ccncc5)s4)cn3n2)n1C. The molecule has 8 nitrogen and oxygen atoms in total. The van der Waals surface area contributed by atoms with Crippen LogP contribution < -0.4 is 0 Å². The van der Waals surface area contributed by atoms with E-state index in [0.717, 1.165) is 33.3 Å². The van der Waals surface area contributed by atoms with Gasteiger partial charge in [-0.2, -0.15) is 5.10 Å². The first-order chi connectivity index (χ1) is 18.0. The largest absolute Gasteiger partial charge is 0.330 e. The normalized spacial score (nSPS) is 11.3. The molecule has 1 aromatic carbocycles. The van der Waals surface area contributed by atoms with Crippen LogP contribution in [0, 0.1) is 12.7 Å². The van der Waals surface area contributed by atoms with Crippen molar-refractivity contribution in [1.82, 2.24) is 34.1 Å². The van der Waals surface area contributed by atoms with Gasteiger partial charge in [0.25, 0.3) is 0 Å². The number of nitrogens with zero attached hydrogens (tertiary/aromatic N) is 7. The lowest BCUT2D eigenvalue weighted by Crippen LogP contribution is -2.01. The van der Waals surface area contributed by atoms with E-state index in [4.69, 9.17) is 10.1 Å². The second-order valence-corrected chi connectivity index (χ2v) is 9.57. The standard InChI is InChI=1S/C27H20FN7OS/c1-16-31-25(17-3-5-19(28)6-4-17)26(34(16)2)21-7-8-24-32-20(15-35(24)33-21)13-22(36)23-14-30-27(37-23)18-9-11-29-12-10-18/h3-12,14-15H,13H2,1-2H3. The number of rotatable bonds is 6. The highest BCUT2D eigenvalue weighted by molar-refractivity contribution is 7.16. The summed E-state index contributed by atoms with van der Waals surface area (Å²) in [6.45, 7) is 1.91. The number of hydrogen-bond donors (Lipinski definition) is 0. The van der Waals surface area contributed by atoms with Crippen molar-refractivity contribution < 1.29 is 9.18 Å². The van der Waals surface area contributed by atoms with Gasteiger partial charge in [-0.3, -0.25) is 9.78 Å². The van der Waals surface area contributed by atoms with E-state index in [1.54, 1.807) is 41.4 Å². The summed E-state index contributed by atoms with van der Waals surface area (Å²) in [5.74, 6) is 0.455. The molecule has 0 unspecified atom stereocenters. The molecule has 0 aliphatic heterocycles. The number of hydrogen-bond acceptors (Lipinski definition) is 7. The second kappa shape index (κ2) is 9.14. The molecule has 0 radical (unpaired) electrons. The van der Waals surface area contributed by atoms with E-state index < -0.39 is 0 Å². The maximum Gasteiger partial charge on any atom is 0.180 e. The maximum absolute atomic E-state index is 13.5. The summed E-state index contributed by atoms with van der Waals surface area (Å²) >= 11 is 1.35. The highest BCUT2D eigenvalue weighted by atomic mass is 32.1. The van der Waals surface area contributed by atoms with Crippen LogP contribution in [0.15, 0.2) is 73.3 Å². The zero-order chi connectivity index (χ0) is 25.5. The smallest absolute Gasteiger partial charge is 0.180 e. The Bertz CT molecular complexity index is 1750. The number of pyridine rings is 1. The summed E-state index contributed by atoms with van der Waals surface area (Å²) in [7, 11) is 1.92. The van der Waals surface area contributed by atoms with E-state index in [1.807, 2.05) is 42.8 Å². The lowest BCUT2D eigenvalue weighted by molar-refractivity contribution is 0.0995. The van der Waals surface area contributed by atoms with Crippen molar-refractivity contribution in [2.45, 2.75) is 13.3 Å². The van der Waals surface area contributed by atoms with Crippen molar-refractivity contribution in [1.29, 1.82) is 0 Å². The van der Waals surface area contributed by atoms with Gasteiger partial charge in [0, 0.05) is 36.8 Å². The fraction of sp³-hybridized carbons (Fsp3) is 0.111. The first-order valence-electron chi connectivity index (χ1n) is 11.5. The van der Waals surface area contributed by atoms with E-state index >= 15 is 0 Å². The van der Waals surface area contributed by atoms with E-state index in [2.05, 4.69) is 15.0 Å². The Kier molecular flexibility index (Phi) is 5.65. The third-order valence-electron chi connectivity index (χ3n) is 6.10. The number of imidazole rings is 2. The number of halogens is 1. The fourth-order valence-corrected chi connectivity index (χ4v) is 5.00. The lowest BCUT2D eigenvalue weighted by Gasteiger charge is -2.07. The molecule has 0 saturated carbocycles. The average molecular weight is 510 g/mol. The molecule has 0 saturated heterocycles. The van der Waals surface area contributed by atoms with Gasteiger partial charge < -0.3 is 4.57 Å². The highest BCUT2D eigenvalue weighted by Gasteiger charge is 2.19. The van der Waals surface area contributed by atoms with Crippen LogP contribution >= 0.6 is 11.3 Å². The van der Waals surface area contributed by atoms with Crippen LogP contribution in [0.1, 0.15) is 21.2 Å². The van der Waals surface area contributed by atoms with E-state index in [9.17, 15) is 9.18 Å². The summed E-state index contributed by atoms with van der Waals surface area (Å²) in [5, 5.41) is 5.53. The monoisotopic (exact) mass is 509 g/mol. The molecular formula is C27H20FN7OS. The fourth-order valence-electron chi connectivity index (χ4n) is 4.14. The molecule has 6 aromatic rings. The van der Waals surface area contributed by atoms with Crippen LogP contribution in [-0.4, -0.2) is 39.9 Å². The van der Waals surface area contributed by atoms with E-state index in [-0.39, 0.29) is 18.0 Å². The van der Waals surface area contributed by atoms with Crippen LogP contribution in [0.2, 0.25) is 0 Å². The minimum Gasteiger partial charge on any atom is -0.330 e. The Morgan fingerprint density at radius 2 is 1.78 bits per heavy atom. The maximum atomic E-state index is 13.5. The third kappa shape index (κ3) is 4.31. The number of benzene rings is 1. The average Bonchev–Trinajstić information content (AvgIpc) is 3.62. The summed E-state index contributed by atoms with van der Waals surface area (Å²) in [4.78, 5) is 31.2. The molecule has 0 aliphatic rings. The molecule has 10 heteroatoms. The molecule has 0 spiro atoms. The van der Waals surface area contributed by atoms with Crippen molar-refractivity contribution in [3.8, 4) is 33.2 Å². The Labute approximate surface area is 215 Å². The molecule has 182 valence electrons. The first-order valence-corrected chi connectivity index (χ1v) is 12.3. The minimum absolute atomic E-state index is 0.0534. The van der Waals surface area contributed by atoms with Crippen LogP contribution in [0.5, 0.6) is 0 Å². The van der Waals surface area contributed by atoms with Crippen molar-refractivity contribution in [2.24, 2.45) is 7.05 Å². The number of aryl methyl sites for hydroxylation is 1. The lowest BCUT2D eigenvalue weighted by atomic mass is 10.1. The number of fused-ring (bicyclic) bond motifs is 1. The number of carbonyl (C=O) groups is 1. The molecule has 5 aromatic heterocycles. The summed E-state index contributed by atoms with van der Waals surface area (Å²) in [5.41, 5.74) is 5.20. The van der Waals surface area contributed by atoms with Gasteiger partial charge in [-0.1, -0.05) is 0 Å². The summed E-state index contributed by atoms with van der Waals surface area (Å²) in [6, 6.07) is 13.7. The molecule has 0 atom stereocenters. The number of ketones is 1.